The molecule has 0 saturated heterocycles. The Labute approximate surface area is 97.8 Å². The standard InChI is InChI=1S/C15H31/c1-8-10-14(9-2)15(12(5)6)13(7)11(3)4/h11-13,15H,8-10H2,1-7H3. The topological polar surface area (TPSA) is 0 Å². The van der Waals surface area contributed by atoms with E-state index in [1.165, 1.54) is 19.3 Å². The van der Waals surface area contributed by atoms with Gasteiger partial charge in [0, 0.05) is 0 Å². The molecule has 0 aromatic carbocycles. The summed E-state index contributed by atoms with van der Waals surface area (Å²) in [5.74, 6) is 5.05. The second-order valence-electron chi connectivity index (χ2n) is 5.63. The highest BCUT2D eigenvalue weighted by Crippen LogP contribution is 2.38. The van der Waals surface area contributed by atoms with Crippen LogP contribution in [-0.2, 0) is 0 Å². The molecule has 0 bridgehead atoms. The van der Waals surface area contributed by atoms with Crippen LogP contribution in [0.5, 0.6) is 0 Å². The second-order valence-corrected chi connectivity index (χ2v) is 5.63. The van der Waals surface area contributed by atoms with Gasteiger partial charge in [-0.15, -0.1) is 0 Å². The zero-order valence-corrected chi connectivity index (χ0v) is 11.9. The summed E-state index contributed by atoms with van der Waals surface area (Å²) in [6.07, 6.45) is 3.90. The van der Waals surface area contributed by atoms with E-state index in [0.717, 1.165) is 23.7 Å². The molecule has 0 heterocycles. The summed E-state index contributed by atoms with van der Waals surface area (Å²) in [5, 5.41) is 0. The van der Waals surface area contributed by atoms with Gasteiger partial charge in [0.1, 0.15) is 0 Å². The Hall–Kier alpha value is 0. The summed E-state index contributed by atoms with van der Waals surface area (Å²) in [6, 6.07) is 0. The van der Waals surface area contributed by atoms with Gasteiger partial charge in [0.2, 0.25) is 0 Å². The van der Waals surface area contributed by atoms with Gasteiger partial charge in [0.05, 0.1) is 0 Å². The van der Waals surface area contributed by atoms with Crippen LogP contribution in [0.1, 0.15) is 67.7 Å². The van der Waals surface area contributed by atoms with Crippen molar-refractivity contribution in [1.82, 2.24) is 0 Å². The molecular weight excluding hydrogens is 180 g/mol. The van der Waals surface area contributed by atoms with Gasteiger partial charge < -0.3 is 0 Å². The maximum Gasteiger partial charge on any atom is -0.0208 e. The summed E-state index contributed by atoms with van der Waals surface area (Å²) in [7, 11) is 0. The van der Waals surface area contributed by atoms with E-state index in [2.05, 4.69) is 48.5 Å². The molecule has 0 heteroatoms. The highest BCUT2D eigenvalue weighted by Gasteiger charge is 2.29. The maximum atomic E-state index is 2.43. The molecule has 0 nitrogen and oxygen atoms in total. The third-order valence-corrected chi connectivity index (χ3v) is 3.83. The lowest BCUT2D eigenvalue weighted by Gasteiger charge is -2.36. The molecule has 1 radical (unpaired) electrons. The fourth-order valence-electron chi connectivity index (χ4n) is 2.77. The summed E-state index contributed by atoms with van der Waals surface area (Å²) < 4.78 is 0. The number of hydrogen-bond acceptors (Lipinski definition) is 0. The predicted molar refractivity (Wildman–Crippen MR) is 70.8 cm³/mol. The van der Waals surface area contributed by atoms with E-state index in [1.54, 1.807) is 5.92 Å². The van der Waals surface area contributed by atoms with Gasteiger partial charge in [-0.1, -0.05) is 54.9 Å². The van der Waals surface area contributed by atoms with Crippen molar-refractivity contribution in [2.24, 2.45) is 23.7 Å². The molecule has 0 rings (SSSR count). The highest BCUT2D eigenvalue weighted by molar-refractivity contribution is 4.99. The van der Waals surface area contributed by atoms with E-state index in [-0.39, 0.29) is 0 Å². The monoisotopic (exact) mass is 211 g/mol. The highest BCUT2D eigenvalue weighted by atomic mass is 14.3. The van der Waals surface area contributed by atoms with E-state index >= 15 is 0 Å². The Morgan fingerprint density at radius 2 is 1.40 bits per heavy atom. The molecule has 0 aromatic heterocycles. The van der Waals surface area contributed by atoms with Crippen LogP contribution < -0.4 is 0 Å². The smallest absolute Gasteiger partial charge is 0.0208 e. The van der Waals surface area contributed by atoms with Gasteiger partial charge in [-0.3, -0.25) is 0 Å². The van der Waals surface area contributed by atoms with Crippen LogP contribution in [0, 0.1) is 29.6 Å². The Balaban J connectivity index is 4.61. The van der Waals surface area contributed by atoms with Gasteiger partial charge in [0.15, 0.2) is 0 Å². The normalized spacial score (nSPS) is 16.4. The minimum absolute atomic E-state index is 0.795. The third kappa shape index (κ3) is 4.57. The molecule has 0 fully saturated rings. The van der Waals surface area contributed by atoms with Crippen LogP contribution >= 0.6 is 0 Å². The van der Waals surface area contributed by atoms with Crippen LogP contribution in [0.4, 0.5) is 0 Å². The van der Waals surface area contributed by atoms with Crippen LogP contribution in [0.25, 0.3) is 0 Å². The van der Waals surface area contributed by atoms with Crippen LogP contribution in [0.2, 0.25) is 0 Å². The second kappa shape index (κ2) is 7.30. The fraction of sp³-hybridized carbons (Fsp3) is 0.933. The Kier molecular flexibility index (Phi) is 7.30. The van der Waals surface area contributed by atoms with Gasteiger partial charge in [-0.05, 0) is 42.4 Å². The van der Waals surface area contributed by atoms with Crippen molar-refractivity contribution < 1.29 is 0 Å². The summed E-state index contributed by atoms with van der Waals surface area (Å²) in [4.78, 5) is 0. The predicted octanol–water partition coefficient (Wildman–Crippen LogP) is 5.34. The Morgan fingerprint density at radius 3 is 1.67 bits per heavy atom. The van der Waals surface area contributed by atoms with Crippen molar-refractivity contribution in [2.75, 3.05) is 0 Å². The van der Waals surface area contributed by atoms with Crippen molar-refractivity contribution in [1.29, 1.82) is 0 Å². The maximum absolute atomic E-state index is 2.43. The molecule has 2 unspecified atom stereocenters. The molecule has 0 spiro atoms. The lowest BCUT2D eigenvalue weighted by atomic mass is 9.69. The summed E-state index contributed by atoms with van der Waals surface area (Å²) >= 11 is 0. The molecular formula is C15H31. The average Bonchev–Trinajstić information content (AvgIpc) is 2.15. The lowest BCUT2D eigenvalue weighted by molar-refractivity contribution is 0.213. The molecule has 15 heavy (non-hydrogen) atoms. The zero-order valence-electron chi connectivity index (χ0n) is 11.9. The SMILES string of the molecule is CCC[C](CC)C(C(C)C)C(C)C(C)C. The van der Waals surface area contributed by atoms with Crippen LogP contribution in [0.3, 0.4) is 0 Å². The van der Waals surface area contributed by atoms with E-state index < -0.39 is 0 Å². The fourth-order valence-corrected chi connectivity index (χ4v) is 2.77. The molecule has 0 aliphatic carbocycles. The number of rotatable bonds is 7. The quantitative estimate of drug-likeness (QED) is 0.533. The third-order valence-electron chi connectivity index (χ3n) is 3.83. The Morgan fingerprint density at radius 1 is 0.867 bits per heavy atom. The zero-order chi connectivity index (χ0) is 12.0. The molecule has 91 valence electrons. The molecule has 2 atom stereocenters. The molecule has 0 N–H and O–H groups in total. The minimum Gasteiger partial charge on any atom is -0.0654 e. The van der Waals surface area contributed by atoms with Crippen LogP contribution in [0.15, 0.2) is 0 Å². The first-order valence-corrected chi connectivity index (χ1v) is 6.80. The van der Waals surface area contributed by atoms with E-state index in [4.69, 9.17) is 0 Å². The Bertz CT molecular complexity index is 146. The van der Waals surface area contributed by atoms with E-state index in [0.29, 0.717) is 0 Å². The lowest BCUT2D eigenvalue weighted by Crippen LogP contribution is -2.28. The van der Waals surface area contributed by atoms with E-state index in [9.17, 15) is 0 Å². The first kappa shape index (κ1) is 15.0. The van der Waals surface area contributed by atoms with Gasteiger partial charge in [-0.25, -0.2) is 0 Å². The van der Waals surface area contributed by atoms with Crippen molar-refractivity contribution in [3.63, 3.8) is 0 Å². The molecule has 0 aliphatic rings. The van der Waals surface area contributed by atoms with Gasteiger partial charge >= 0.3 is 0 Å². The molecule has 0 aromatic rings. The molecule has 0 amide bonds. The first-order valence-electron chi connectivity index (χ1n) is 6.80. The summed E-state index contributed by atoms with van der Waals surface area (Å²) in [5.41, 5.74) is 0. The van der Waals surface area contributed by atoms with Gasteiger partial charge in [0.25, 0.3) is 0 Å². The van der Waals surface area contributed by atoms with Gasteiger partial charge in [-0.2, -0.15) is 0 Å². The van der Waals surface area contributed by atoms with Crippen molar-refractivity contribution in [3.8, 4) is 0 Å². The average molecular weight is 211 g/mol. The van der Waals surface area contributed by atoms with Crippen LogP contribution in [-0.4, -0.2) is 0 Å². The van der Waals surface area contributed by atoms with Crippen molar-refractivity contribution in [3.05, 3.63) is 5.92 Å². The van der Waals surface area contributed by atoms with Crippen molar-refractivity contribution in [2.45, 2.75) is 67.7 Å². The van der Waals surface area contributed by atoms with E-state index in [1.807, 2.05) is 0 Å². The first-order chi connectivity index (χ1) is 6.95. The molecule has 0 aliphatic heterocycles. The summed E-state index contributed by atoms with van der Waals surface area (Å²) in [6.45, 7) is 16.5. The minimum atomic E-state index is 0.795. The molecule has 0 saturated carbocycles. The largest absolute Gasteiger partial charge is 0.0654 e. The van der Waals surface area contributed by atoms with Crippen molar-refractivity contribution >= 4 is 0 Å². The number of hydrogen-bond donors (Lipinski definition) is 0.